The summed E-state index contributed by atoms with van der Waals surface area (Å²) >= 11 is 0. The van der Waals surface area contributed by atoms with E-state index in [2.05, 4.69) is 0 Å². The highest BCUT2D eigenvalue weighted by Crippen LogP contribution is 2.39. The lowest BCUT2D eigenvalue weighted by atomic mass is 9.65. The highest BCUT2D eigenvalue weighted by molar-refractivity contribution is 5.81. The number of nitrogens with two attached hydrogens (primary N) is 1. The summed E-state index contributed by atoms with van der Waals surface area (Å²) in [5.74, 6) is -2.98. The molecule has 0 bridgehead atoms. The van der Waals surface area contributed by atoms with Crippen molar-refractivity contribution in [3.8, 4) is 0 Å². The quantitative estimate of drug-likeness (QED) is 0.716. The molecule has 0 saturated heterocycles. The largest absolute Gasteiger partial charge is 0.481 e. The topological polar surface area (TPSA) is 101 Å². The summed E-state index contributed by atoms with van der Waals surface area (Å²) in [4.78, 5) is 22.8. The van der Waals surface area contributed by atoms with Gasteiger partial charge in [-0.2, -0.15) is 0 Å². The number of carboxylic acid groups (broad SMARTS) is 2. The smallest absolute Gasteiger partial charge is 0.324 e. The number of hydrogen-bond acceptors (Lipinski definition) is 3. The first-order valence-corrected chi connectivity index (χ1v) is 5.98. The van der Waals surface area contributed by atoms with Crippen LogP contribution in [0.25, 0.3) is 0 Å². The SMILES string of the molecule is CC(C)(C)C(C[C@](N)(C(=O)O)C(C)(C)C)C(=O)O. The second kappa shape index (κ2) is 4.88. The van der Waals surface area contributed by atoms with Crippen LogP contribution in [0.1, 0.15) is 48.0 Å². The van der Waals surface area contributed by atoms with Crippen molar-refractivity contribution in [1.82, 2.24) is 0 Å². The molecular weight excluding hydrogens is 234 g/mol. The number of hydrogen-bond donors (Lipinski definition) is 3. The summed E-state index contributed by atoms with van der Waals surface area (Å²) in [6.45, 7) is 10.5. The van der Waals surface area contributed by atoms with Gasteiger partial charge in [-0.3, -0.25) is 9.59 Å². The molecule has 0 rings (SSSR count). The minimum Gasteiger partial charge on any atom is -0.481 e. The van der Waals surface area contributed by atoms with Crippen molar-refractivity contribution in [2.24, 2.45) is 22.5 Å². The molecule has 1 unspecified atom stereocenters. The molecule has 0 heterocycles. The van der Waals surface area contributed by atoms with E-state index in [1.807, 2.05) is 0 Å². The van der Waals surface area contributed by atoms with E-state index in [1.165, 1.54) is 0 Å². The van der Waals surface area contributed by atoms with E-state index in [1.54, 1.807) is 41.5 Å². The highest BCUT2D eigenvalue weighted by atomic mass is 16.4. The van der Waals surface area contributed by atoms with Gasteiger partial charge in [-0.15, -0.1) is 0 Å². The van der Waals surface area contributed by atoms with Crippen molar-refractivity contribution in [3.05, 3.63) is 0 Å². The van der Waals surface area contributed by atoms with E-state index in [4.69, 9.17) is 5.73 Å². The second-order valence-corrected chi connectivity index (χ2v) is 6.99. The highest BCUT2D eigenvalue weighted by Gasteiger charge is 2.50. The molecule has 5 nitrogen and oxygen atoms in total. The minimum atomic E-state index is -1.57. The van der Waals surface area contributed by atoms with Crippen LogP contribution in [0.2, 0.25) is 0 Å². The van der Waals surface area contributed by atoms with Crippen molar-refractivity contribution >= 4 is 11.9 Å². The van der Waals surface area contributed by atoms with Gasteiger partial charge in [0.25, 0.3) is 0 Å². The van der Waals surface area contributed by atoms with E-state index < -0.39 is 34.2 Å². The fourth-order valence-electron chi connectivity index (χ4n) is 1.80. The Labute approximate surface area is 108 Å². The number of carbonyl (C=O) groups is 2. The first kappa shape index (κ1) is 16.9. The predicted molar refractivity (Wildman–Crippen MR) is 69.2 cm³/mol. The fraction of sp³-hybridized carbons (Fsp3) is 0.846. The molecule has 106 valence electrons. The maximum Gasteiger partial charge on any atom is 0.324 e. The van der Waals surface area contributed by atoms with Crippen molar-refractivity contribution in [1.29, 1.82) is 0 Å². The first-order valence-electron chi connectivity index (χ1n) is 5.98. The van der Waals surface area contributed by atoms with Crippen molar-refractivity contribution in [2.45, 2.75) is 53.5 Å². The monoisotopic (exact) mass is 259 g/mol. The minimum absolute atomic E-state index is 0.0926. The lowest BCUT2D eigenvalue weighted by Gasteiger charge is -2.41. The van der Waals surface area contributed by atoms with E-state index in [9.17, 15) is 19.8 Å². The Bertz CT molecular complexity index is 338. The standard InChI is InChI=1S/C13H25NO4/c1-11(2,3)8(9(15)16)7-13(14,10(17)18)12(4,5)6/h8H,7,14H2,1-6H3,(H,15,16)(H,17,18)/t8?,13-/m0/s1. The molecule has 0 aliphatic heterocycles. The first-order chi connectivity index (χ1) is 7.73. The summed E-state index contributed by atoms with van der Waals surface area (Å²) < 4.78 is 0. The molecule has 0 saturated carbocycles. The Morgan fingerprint density at radius 1 is 1.06 bits per heavy atom. The zero-order chi connectivity index (χ0) is 14.9. The third-order valence-electron chi connectivity index (χ3n) is 3.59. The van der Waals surface area contributed by atoms with Gasteiger partial charge in [-0.1, -0.05) is 41.5 Å². The average Bonchev–Trinajstić information content (AvgIpc) is 2.08. The molecule has 0 aromatic rings. The lowest BCUT2D eigenvalue weighted by Crippen LogP contribution is -2.60. The van der Waals surface area contributed by atoms with Crippen molar-refractivity contribution < 1.29 is 19.8 Å². The Hall–Kier alpha value is -1.10. The molecule has 2 atom stereocenters. The van der Waals surface area contributed by atoms with Gasteiger partial charge in [0.05, 0.1) is 5.92 Å². The second-order valence-electron chi connectivity index (χ2n) is 6.99. The Kier molecular flexibility index (Phi) is 4.58. The molecule has 0 amide bonds. The number of rotatable bonds is 4. The summed E-state index contributed by atoms with van der Waals surface area (Å²) in [6, 6.07) is 0. The lowest BCUT2D eigenvalue weighted by molar-refractivity contribution is -0.153. The van der Waals surface area contributed by atoms with Crippen LogP contribution >= 0.6 is 0 Å². The van der Waals surface area contributed by atoms with Crippen molar-refractivity contribution in [3.63, 3.8) is 0 Å². The summed E-state index contributed by atoms with van der Waals surface area (Å²) in [5.41, 5.74) is 3.16. The molecule has 0 radical (unpaired) electrons. The fourth-order valence-corrected chi connectivity index (χ4v) is 1.80. The van der Waals surface area contributed by atoms with Gasteiger partial charge < -0.3 is 15.9 Å². The van der Waals surface area contributed by atoms with Crippen LogP contribution in [0.4, 0.5) is 0 Å². The molecule has 0 aliphatic carbocycles. The van der Waals surface area contributed by atoms with Gasteiger partial charge in [0.2, 0.25) is 0 Å². The van der Waals surface area contributed by atoms with Gasteiger partial charge in [0.1, 0.15) is 5.54 Å². The zero-order valence-corrected chi connectivity index (χ0v) is 12.1. The van der Waals surface area contributed by atoms with E-state index in [-0.39, 0.29) is 6.42 Å². The Morgan fingerprint density at radius 3 is 1.61 bits per heavy atom. The number of aliphatic carboxylic acids is 2. The van der Waals surface area contributed by atoms with E-state index >= 15 is 0 Å². The third-order valence-corrected chi connectivity index (χ3v) is 3.59. The molecule has 0 spiro atoms. The van der Waals surface area contributed by atoms with Crippen molar-refractivity contribution in [2.75, 3.05) is 0 Å². The summed E-state index contributed by atoms with van der Waals surface area (Å²) in [6.07, 6.45) is -0.0926. The Morgan fingerprint density at radius 2 is 1.44 bits per heavy atom. The summed E-state index contributed by atoms with van der Waals surface area (Å²) in [7, 11) is 0. The van der Waals surface area contributed by atoms with Gasteiger partial charge >= 0.3 is 11.9 Å². The van der Waals surface area contributed by atoms with Crippen LogP contribution in [0.3, 0.4) is 0 Å². The third kappa shape index (κ3) is 3.45. The normalized spacial score (nSPS) is 17.9. The van der Waals surface area contributed by atoms with Crippen LogP contribution in [-0.4, -0.2) is 27.7 Å². The van der Waals surface area contributed by atoms with E-state index in [0.29, 0.717) is 0 Å². The average molecular weight is 259 g/mol. The molecule has 18 heavy (non-hydrogen) atoms. The molecular formula is C13H25NO4. The van der Waals surface area contributed by atoms with E-state index in [0.717, 1.165) is 0 Å². The maximum atomic E-state index is 11.4. The van der Waals surface area contributed by atoms with Gasteiger partial charge in [0.15, 0.2) is 0 Å². The predicted octanol–water partition coefficient (Wildman–Crippen LogP) is 1.95. The maximum absolute atomic E-state index is 11.4. The van der Waals surface area contributed by atoms with Gasteiger partial charge in [-0.25, -0.2) is 0 Å². The van der Waals surface area contributed by atoms with Crippen LogP contribution in [0.5, 0.6) is 0 Å². The zero-order valence-electron chi connectivity index (χ0n) is 12.1. The molecule has 0 fully saturated rings. The van der Waals surface area contributed by atoms with Crippen LogP contribution < -0.4 is 5.73 Å². The van der Waals surface area contributed by atoms with Gasteiger partial charge in [0, 0.05) is 0 Å². The van der Waals surface area contributed by atoms with Gasteiger partial charge in [-0.05, 0) is 17.3 Å². The molecule has 0 aromatic heterocycles. The molecule has 4 N–H and O–H groups in total. The summed E-state index contributed by atoms with van der Waals surface area (Å²) in [5, 5.41) is 18.6. The van der Waals surface area contributed by atoms with Crippen LogP contribution in [0, 0.1) is 16.7 Å². The molecule has 5 heteroatoms. The molecule has 0 aliphatic rings. The Balaban J connectivity index is 5.47. The number of carboxylic acids is 2. The van der Waals surface area contributed by atoms with Crippen LogP contribution in [0.15, 0.2) is 0 Å². The van der Waals surface area contributed by atoms with Crippen LogP contribution in [-0.2, 0) is 9.59 Å². The molecule has 0 aromatic carbocycles.